The second-order valence-corrected chi connectivity index (χ2v) is 5.06. The summed E-state index contributed by atoms with van der Waals surface area (Å²) in [5, 5.41) is 34.2. The molecule has 3 heterocycles. The number of fused-ring (bicyclic) bond motifs is 1. The molecule has 3 rings (SSSR count). The molecule has 0 unspecified atom stereocenters. The molecule has 10 heteroatoms. The van der Waals surface area contributed by atoms with Crippen LogP contribution in [0.3, 0.4) is 0 Å². The summed E-state index contributed by atoms with van der Waals surface area (Å²) < 4.78 is 1.38. The molecule has 0 aliphatic heterocycles. The number of hydrogen-bond donors (Lipinski definition) is 3. The number of rotatable bonds is 7. The van der Waals surface area contributed by atoms with Gasteiger partial charge in [0, 0.05) is 6.54 Å². The van der Waals surface area contributed by atoms with Crippen molar-refractivity contribution in [1.82, 2.24) is 35.5 Å². The number of nitrogens with two attached hydrogens (primary N) is 1. The quantitative estimate of drug-likeness (QED) is 0.535. The van der Waals surface area contributed by atoms with Crippen molar-refractivity contribution in [3.63, 3.8) is 0 Å². The van der Waals surface area contributed by atoms with Gasteiger partial charge in [0.2, 0.25) is 0 Å². The summed E-state index contributed by atoms with van der Waals surface area (Å²) in [4.78, 5) is 0. The van der Waals surface area contributed by atoms with E-state index < -0.39 is 0 Å². The van der Waals surface area contributed by atoms with Gasteiger partial charge < -0.3 is 11.1 Å². The van der Waals surface area contributed by atoms with Gasteiger partial charge in [0.1, 0.15) is 17.5 Å². The normalized spacial score (nSPS) is 10.7. The number of nitrogens with zero attached hydrogens (tertiary/aromatic N) is 7. The third kappa shape index (κ3) is 3.34. The monoisotopic (exact) mass is 312 g/mol. The van der Waals surface area contributed by atoms with Crippen molar-refractivity contribution in [3.8, 4) is 6.07 Å². The van der Waals surface area contributed by atoms with E-state index in [2.05, 4.69) is 42.2 Å². The van der Waals surface area contributed by atoms with E-state index in [0.717, 1.165) is 43.7 Å². The maximum Gasteiger partial charge on any atom is 0.200 e. The van der Waals surface area contributed by atoms with Crippen LogP contribution in [0.25, 0.3) is 5.65 Å². The molecule has 0 bridgehead atoms. The van der Waals surface area contributed by atoms with E-state index in [1.807, 2.05) is 6.07 Å². The Balaban J connectivity index is 1.39. The Bertz CT molecular complexity index is 827. The summed E-state index contributed by atoms with van der Waals surface area (Å²) in [6, 6.07) is 5.72. The van der Waals surface area contributed by atoms with Gasteiger partial charge >= 0.3 is 0 Å². The number of H-pyrrole nitrogens is 1. The number of tetrazole rings is 1. The lowest BCUT2D eigenvalue weighted by atomic mass is 10.1. The molecule has 0 aliphatic carbocycles. The molecule has 0 atom stereocenters. The third-order valence-electron chi connectivity index (χ3n) is 3.46. The van der Waals surface area contributed by atoms with Crippen molar-refractivity contribution in [1.29, 1.82) is 5.26 Å². The van der Waals surface area contributed by atoms with Crippen LogP contribution in [-0.2, 0) is 6.42 Å². The minimum absolute atomic E-state index is 0.272. The summed E-state index contributed by atoms with van der Waals surface area (Å²) in [7, 11) is 0. The number of nitriles is 1. The topological polar surface area (TPSA) is 146 Å². The molecule has 0 aromatic carbocycles. The lowest BCUT2D eigenvalue weighted by Gasteiger charge is -2.05. The van der Waals surface area contributed by atoms with E-state index in [0.29, 0.717) is 11.2 Å². The Kier molecular flexibility index (Phi) is 4.28. The van der Waals surface area contributed by atoms with Crippen LogP contribution < -0.4 is 11.1 Å². The van der Waals surface area contributed by atoms with Gasteiger partial charge in [0.15, 0.2) is 11.5 Å². The molecular formula is C13H16N10. The zero-order valence-electron chi connectivity index (χ0n) is 12.4. The number of nitrogen functional groups attached to an aromatic ring is 1. The molecule has 0 amide bonds. The molecule has 0 radical (unpaired) electrons. The van der Waals surface area contributed by atoms with Crippen molar-refractivity contribution in [2.24, 2.45) is 0 Å². The van der Waals surface area contributed by atoms with Gasteiger partial charge in [-0.3, -0.25) is 5.10 Å². The Morgan fingerprint density at radius 2 is 2.22 bits per heavy atom. The van der Waals surface area contributed by atoms with E-state index in [9.17, 15) is 0 Å². The molecule has 4 N–H and O–H groups in total. The molecule has 0 aliphatic rings. The minimum atomic E-state index is 0.272. The van der Waals surface area contributed by atoms with Crippen LogP contribution in [0.15, 0.2) is 12.1 Å². The second kappa shape index (κ2) is 6.69. The number of hydrogen-bond acceptors (Lipinski definition) is 8. The van der Waals surface area contributed by atoms with Gasteiger partial charge in [-0.15, -0.1) is 14.8 Å². The van der Waals surface area contributed by atoms with E-state index in [-0.39, 0.29) is 5.82 Å². The van der Waals surface area contributed by atoms with Crippen LogP contribution in [0.2, 0.25) is 0 Å². The van der Waals surface area contributed by atoms with Crippen LogP contribution in [0.4, 0.5) is 11.6 Å². The SMILES string of the molecule is N#Cc1c(N)n[nH]c1CCCCCNc1ccc2nnnn2n1. The smallest absolute Gasteiger partial charge is 0.200 e. The first kappa shape index (κ1) is 14.7. The zero-order valence-corrected chi connectivity index (χ0v) is 12.4. The Labute approximate surface area is 131 Å². The second-order valence-electron chi connectivity index (χ2n) is 5.06. The van der Waals surface area contributed by atoms with Crippen molar-refractivity contribution in [2.45, 2.75) is 25.7 Å². The first-order valence-electron chi connectivity index (χ1n) is 7.30. The summed E-state index contributed by atoms with van der Waals surface area (Å²) in [5.41, 5.74) is 7.48. The Hall–Kier alpha value is -3.22. The van der Waals surface area contributed by atoms with Crippen LogP contribution in [0, 0.1) is 11.3 Å². The van der Waals surface area contributed by atoms with E-state index in [4.69, 9.17) is 11.0 Å². The number of aryl methyl sites for hydroxylation is 1. The molecular weight excluding hydrogens is 296 g/mol. The molecule has 23 heavy (non-hydrogen) atoms. The Morgan fingerprint density at radius 3 is 3.09 bits per heavy atom. The highest BCUT2D eigenvalue weighted by atomic mass is 15.6. The number of nitrogens with one attached hydrogen (secondary N) is 2. The lowest BCUT2D eigenvalue weighted by Crippen LogP contribution is -2.06. The maximum atomic E-state index is 8.99. The van der Waals surface area contributed by atoms with Gasteiger partial charge in [0.05, 0.1) is 5.69 Å². The minimum Gasteiger partial charge on any atom is -0.381 e. The van der Waals surface area contributed by atoms with Crippen molar-refractivity contribution in [2.75, 3.05) is 17.6 Å². The molecule has 0 fully saturated rings. The van der Waals surface area contributed by atoms with Gasteiger partial charge in [0.25, 0.3) is 0 Å². The highest BCUT2D eigenvalue weighted by Gasteiger charge is 2.09. The number of aromatic nitrogens is 7. The average Bonchev–Trinajstić information content (AvgIpc) is 3.16. The number of anilines is 2. The molecule has 3 aromatic heterocycles. The van der Waals surface area contributed by atoms with Crippen molar-refractivity contribution < 1.29 is 0 Å². The van der Waals surface area contributed by atoms with Crippen molar-refractivity contribution >= 4 is 17.3 Å². The number of aromatic amines is 1. The van der Waals surface area contributed by atoms with Crippen LogP contribution in [0.5, 0.6) is 0 Å². The first-order chi connectivity index (χ1) is 11.3. The molecule has 0 spiro atoms. The number of unbranched alkanes of at least 4 members (excludes halogenated alkanes) is 2. The molecule has 0 saturated heterocycles. The molecule has 0 saturated carbocycles. The third-order valence-corrected chi connectivity index (χ3v) is 3.46. The summed E-state index contributed by atoms with van der Waals surface area (Å²) in [6.45, 7) is 0.802. The van der Waals surface area contributed by atoms with Crippen molar-refractivity contribution in [3.05, 3.63) is 23.4 Å². The molecule has 10 nitrogen and oxygen atoms in total. The predicted octanol–water partition coefficient (Wildman–Crippen LogP) is 0.521. The standard InChI is InChI=1S/C13H16N10/c14-8-9-10(17-19-13(9)15)4-2-1-3-7-16-11-5-6-12-18-21-22-23(12)20-11/h5-6H,1-4,7H2,(H,16,20)(H3,15,17,19). The van der Waals surface area contributed by atoms with Gasteiger partial charge in [-0.2, -0.15) is 10.4 Å². The van der Waals surface area contributed by atoms with E-state index in [1.165, 1.54) is 4.63 Å². The average molecular weight is 312 g/mol. The van der Waals surface area contributed by atoms with Gasteiger partial charge in [-0.1, -0.05) is 6.42 Å². The molecule has 118 valence electrons. The van der Waals surface area contributed by atoms with Crippen LogP contribution >= 0.6 is 0 Å². The summed E-state index contributed by atoms with van der Waals surface area (Å²) in [5.74, 6) is 1.01. The lowest BCUT2D eigenvalue weighted by molar-refractivity contribution is 0.683. The summed E-state index contributed by atoms with van der Waals surface area (Å²) in [6.07, 6.45) is 3.73. The first-order valence-corrected chi connectivity index (χ1v) is 7.30. The fourth-order valence-electron chi connectivity index (χ4n) is 2.26. The maximum absolute atomic E-state index is 8.99. The Morgan fingerprint density at radius 1 is 1.30 bits per heavy atom. The summed E-state index contributed by atoms with van der Waals surface area (Å²) >= 11 is 0. The van der Waals surface area contributed by atoms with Gasteiger partial charge in [-0.05, 0) is 41.8 Å². The van der Waals surface area contributed by atoms with Gasteiger partial charge in [-0.25, -0.2) is 0 Å². The highest BCUT2D eigenvalue weighted by molar-refractivity contribution is 5.50. The van der Waals surface area contributed by atoms with Crippen LogP contribution in [-0.4, -0.2) is 42.0 Å². The largest absolute Gasteiger partial charge is 0.381 e. The fraction of sp³-hybridized carbons (Fsp3) is 0.385. The molecule has 3 aromatic rings. The van der Waals surface area contributed by atoms with E-state index >= 15 is 0 Å². The highest BCUT2D eigenvalue weighted by Crippen LogP contribution is 2.14. The zero-order chi connectivity index (χ0) is 16.1. The van der Waals surface area contributed by atoms with E-state index in [1.54, 1.807) is 6.07 Å². The van der Waals surface area contributed by atoms with Crippen LogP contribution in [0.1, 0.15) is 30.5 Å². The predicted molar refractivity (Wildman–Crippen MR) is 82.3 cm³/mol. The fourth-order valence-corrected chi connectivity index (χ4v) is 2.26.